The number of aryl methyl sites for hydroxylation is 1. The predicted molar refractivity (Wildman–Crippen MR) is 117 cm³/mol. The van der Waals surface area contributed by atoms with Crippen molar-refractivity contribution < 1.29 is 21.9 Å². The van der Waals surface area contributed by atoms with Gasteiger partial charge in [0.2, 0.25) is 0 Å². The Morgan fingerprint density at radius 2 is 1.91 bits per heavy atom. The van der Waals surface area contributed by atoms with Crippen molar-refractivity contribution in [1.29, 1.82) is 0 Å². The molecule has 2 saturated heterocycles. The van der Waals surface area contributed by atoms with E-state index in [4.69, 9.17) is 0 Å². The molecule has 2 aliphatic heterocycles. The Bertz CT molecular complexity index is 1000. The Morgan fingerprint density at radius 1 is 1.12 bits per heavy atom. The van der Waals surface area contributed by atoms with Gasteiger partial charge in [-0.3, -0.25) is 14.2 Å². The summed E-state index contributed by atoms with van der Waals surface area (Å²) < 4.78 is 61.9. The number of hydrogen-bond acceptors (Lipinski definition) is 5. The minimum atomic E-state index is -4.58. The number of halogens is 3. The normalized spacial score (nSPS) is 22.8. The maximum atomic E-state index is 13.1. The molecule has 2 fully saturated rings. The lowest BCUT2D eigenvalue weighted by molar-refractivity contribution is -0.137. The number of hydrogen-bond donors (Lipinski definition) is 3. The van der Waals surface area contributed by atoms with Crippen LogP contribution in [0.4, 0.5) is 24.7 Å². The zero-order valence-corrected chi connectivity index (χ0v) is 18.5. The van der Waals surface area contributed by atoms with Crippen molar-refractivity contribution in [2.75, 3.05) is 23.1 Å². The molecule has 11 heteroatoms. The molecule has 2 aliphatic rings. The van der Waals surface area contributed by atoms with Crippen LogP contribution in [-0.4, -0.2) is 49.0 Å². The fourth-order valence-electron chi connectivity index (χ4n) is 4.74. The van der Waals surface area contributed by atoms with Gasteiger partial charge in [0.25, 0.3) is 11.3 Å². The van der Waals surface area contributed by atoms with Crippen molar-refractivity contribution in [3.63, 3.8) is 0 Å². The van der Waals surface area contributed by atoms with E-state index < -0.39 is 23.0 Å². The number of fused-ring (bicyclic) bond motifs is 1. The van der Waals surface area contributed by atoms with Gasteiger partial charge in [0.05, 0.1) is 16.9 Å². The SMILES string of the molecule is Cc1cc(NC2CCCN3CCCCC23)nnc1-c1ccc(C(F)(F)F)cc1NS(=O)O. The molecule has 0 saturated carbocycles. The van der Waals surface area contributed by atoms with Crippen molar-refractivity contribution in [1.82, 2.24) is 15.1 Å². The maximum Gasteiger partial charge on any atom is 0.416 e. The summed E-state index contributed by atoms with van der Waals surface area (Å²) in [6.07, 6.45) is 1.21. The van der Waals surface area contributed by atoms with Gasteiger partial charge in [-0.05, 0) is 69.5 Å². The highest BCUT2D eigenvalue weighted by Gasteiger charge is 2.34. The topological polar surface area (TPSA) is 90.4 Å². The highest BCUT2D eigenvalue weighted by atomic mass is 32.2. The minimum absolute atomic E-state index is 0.135. The second kappa shape index (κ2) is 9.32. The molecule has 3 N–H and O–H groups in total. The Labute approximate surface area is 187 Å². The van der Waals surface area contributed by atoms with Gasteiger partial charge in [-0.1, -0.05) is 12.5 Å². The monoisotopic (exact) mass is 469 g/mol. The molecule has 32 heavy (non-hydrogen) atoms. The predicted octanol–water partition coefficient (Wildman–Crippen LogP) is 4.45. The van der Waals surface area contributed by atoms with Gasteiger partial charge in [0, 0.05) is 17.6 Å². The molecule has 0 bridgehead atoms. The molecule has 1 aromatic carbocycles. The first-order chi connectivity index (χ1) is 15.2. The van der Waals surface area contributed by atoms with Gasteiger partial charge >= 0.3 is 6.18 Å². The highest BCUT2D eigenvalue weighted by molar-refractivity contribution is 7.80. The van der Waals surface area contributed by atoms with Crippen LogP contribution in [0.25, 0.3) is 11.3 Å². The lowest BCUT2D eigenvalue weighted by Gasteiger charge is -2.44. The van der Waals surface area contributed by atoms with Crippen LogP contribution in [0.3, 0.4) is 0 Å². The first kappa shape index (κ1) is 22.9. The zero-order valence-electron chi connectivity index (χ0n) is 17.7. The van der Waals surface area contributed by atoms with Gasteiger partial charge in [-0.2, -0.15) is 13.2 Å². The third-order valence-electron chi connectivity index (χ3n) is 6.21. The highest BCUT2D eigenvalue weighted by Crippen LogP contribution is 2.37. The summed E-state index contributed by atoms with van der Waals surface area (Å²) in [7, 11) is 0. The molecule has 4 rings (SSSR count). The first-order valence-electron chi connectivity index (χ1n) is 10.7. The van der Waals surface area contributed by atoms with E-state index in [-0.39, 0.29) is 17.3 Å². The number of nitrogens with zero attached hydrogens (tertiary/aromatic N) is 3. The molecule has 1 aromatic heterocycles. The standard InChI is InChI=1S/C21H26F3N5O2S/c1-13-11-19(25-16-5-4-10-29-9-3-2-6-18(16)29)26-27-20(13)15-8-7-14(21(22,23)24)12-17(15)28-32(30)31/h7-8,11-12,16,18,28H,2-6,9-10H2,1H3,(H,25,26)(H,30,31). The smallest absolute Gasteiger partial charge is 0.364 e. The number of rotatable bonds is 5. The fourth-order valence-corrected chi connectivity index (χ4v) is 5.10. The van der Waals surface area contributed by atoms with E-state index in [0.29, 0.717) is 23.1 Å². The number of aromatic nitrogens is 2. The summed E-state index contributed by atoms with van der Waals surface area (Å²) >= 11 is -2.54. The molecule has 3 heterocycles. The van der Waals surface area contributed by atoms with E-state index >= 15 is 0 Å². The number of alkyl halides is 3. The van der Waals surface area contributed by atoms with Crippen LogP contribution in [0.5, 0.6) is 0 Å². The molecule has 0 spiro atoms. The van der Waals surface area contributed by atoms with E-state index in [0.717, 1.165) is 44.5 Å². The van der Waals surface area contributed by atoms with E-state index in [9.17, 15) is 21.9 Å². The second-order valence-electron chi connectivity index (χ2n) is 8.36. The van der Waals surface area contributed by atoms with Crippen molar-refractivity contribution >= 4 is 22.8 Å². The van der Waals surface area contributed by atoms with Gasteiger partial charge in [-0.25, -0.2) is 4.21 Å². The van der Waals surface area contributed by atoms with Crippen LogP contribution in [0, 0.1) is 6.92 Å². The summed E-state index contributed by atoms with van der Waals surface area (Å²) in [5, 5.41) is 12.0. The van der Waals surface area contributed by atoms with Crippen molar-refractivity contribution in [2.24, 2.45) is 0 Å². The van der Waals surface area contributed by atoms with E-state index in [1.807, 2.05) is 6.07 Å². The maximum absolute atomic E-state index is 13.1. The quantitative estimate of drug-likeness (QED) is 0.561. The number of piperidine rings is 2. The molecule has 3 atom stereocenters. The van der Waals surface area contributed by atoms with Crippen molar-refractivity contribution in [3.8, 4) is 11.3 Å². The van der Waals surface area contributed by atoms with E-state index in [1.54, 1.807) is 6.92 Å². The van der Waals surface area contributed by atoms with Crippen molar-refractivity contribution in [2.45, 2.75) is 57.3 Å². The lowest BCUT2D eigenvalue weighted by atomic mass is 9.89. The van der Waals surface area contributed by atoms with Crippen LogP contribution in [0.2, 0.25) is 0 Å². The van der Waals surface area contributed by atoms with Gasteiger partial charge < -0.3 is 5.32 Å². The van der Waals surface area contributed by atoms with Crippen LogP contribution < -0.4 is 10.0 Å². The second-order valence-corrected chi connectivity index (χ2v) is 9.07. The van der Waals surface area contributed by atoms with Crippen LogP contribution in [0.15, 0.2) is 24.3 Å². The lowest BCUT2D eigenvalue weighted by Crippen LogP contribution is -2.53. The largest absolute Gasteiger partial charge is 0.416 e. The number of nitrogens with one attached hydrogen (secondary N) is 2. The Hall–Kier alpha value is -2.24. The molecule has 0 amide bonds. The third-order valence-corrected chi connectivity index (χ3v) is 6.60. The van der Waals surface area contributed by atoms with Crippen LogP contribution in [-0.2, 0) is 17.4 Å². The Kier molecular flexibility index (Phi) is 6.68. The number of benzene rings is 1. The molecule has 2 aromatic rings. The van der Waals surface area contributed by atoms with Gasteiger partial charge in [-0.15, -0.1) is 10.2 Å². The van der Waals surface area contributed by atoms with E-state index in [2.05, 4.69) is 25.1 Å². The third kappa shape index (κ3) is 5.05. The zero-order chi connectivity index (χ0) is 22.9. The average Bonchev–Trinajstić information content (AvgIpc) is 2.73. The molecule has 3 unspecified atom stereocenters. The molecule has 0 aliphatic carbocycles. The Balaban J connectivity index is 1.60. The average molecular weight is 470 g/mol. The number of anilines is 2. The molecule has 7 nitrogen and oxygen atoms in total. The van der Waals surface area contributed by atoms with E-state index in [1.165, 1.54) is 18.9 Å². The summed E-state index contributed by atoms with van der Waals surface area (Å²) in [5.74, 6) is 0.621. The van der Waals surface area contributed by atoms with Gasteiger partial charge in [0.15, 0.2) is 0 Å². The molecule has 0 radical (unpaired) electrons. The van der Waals surface area contributed by atoms with Crippen LogP contribution >= 0.6 is 0 Å². The fraction of sp³-hybridized carbons (Fsp3) is 0.524. The summed E-state index contributed by atoms with van der Waals surface area (Å²) in [4.78, 5) is 2.54. The summed E-state index contributed by atoms with van der Waals surface area (Å²) in [5.41, 5.74) is 0.259. The molecule has 174 valence electrons. The first-order valence-corrected chi connectivity index (χ1v) is 11.8. The van der Waals surface area contributed by atoms with Crippen molar-refractivity contribution in [3.05, 3.63) is 35.4 Å². The Morgan fingerprint density at radius 3 is 2.62 bits per heavy atom. The minimum Gasteiger partial charge on any atom is -0.364 e. The van der Waals surface area contributed by atoms with Crippen LogP contribution in [0.1, 0.15) is 43.2 Å². The summed E-state index contributed by atoms with van der Waals surface area (Å²) in [6, 6.07) is 5.54. The van der Waals surface area contributed by atoms with Gasteiger partial charge in [0.1, 0.15) is 5.82 Å². The summed E-state index contributed by atoms with van der Waals surface area (Å²) in [6.45, 7) is 4.05. The molecular formula is C21H26F3N5O2S. The molecular weight excluding hydrogens is 443 g/mol.